The van der Waals surface area contributed by atoms with Gasteiger partial charge in [0.1, 0.15) is 11.5 Å². The van der Waals surface area contributed by atoms with Crippen LogP contribution in [0, 0.1) is 11.6 Å². The largest absolute Gasteiger partial charge is 0.504 e. The molecule has 0 bridgehead atoms. The van der Waals surface area contributed by atoms with Crippen LogP contribution in [0.5, 0.6) is 5.75 Å². The Kier molecular flexibility index (Phi) is 3.97. The van der Waals surface area contributed by atoms with Crippen LogP contribution in [0.1, 0.15) is 0 Å². The topological polar surface area (TPSA) is 53.3 Å². The fraction of sp³-hybridized carbons (Fsp3) is 0.235. The van der Waals surface area contributed by atoms with Crippen molar-refractivity contribution in [2.75, 3.05) is 31.1 Å². The second-order valence-corrected chi connectivity index (χ2v) is 6.29. The molecule has 0 atom stereocenters. The third kappa shape index (κ3) is 2.69. The Morgan fingerprint density at radius 3 is 2.64 bits per heavy atom. The molecule has 1 aliphatic rings. The number of aromatic nitrogens is 2. The normalized spacial score (nSPS) is 15.1. The van der Waals surface area contributed by atoms with Gasteiger partial charge >= 0.3 is 0 Å². The van der Waals surface area contributed by atoms with Crippen LogP contribution in [-0.2, 0) is 0 Å². The molecule has 2 heterocycles. The van der Waals surface area contributed by atoms with Crippen LogP contribution in [-0.4, -0.2) is 41.1 Å². The summed E-state index contributed by atoms with van der Waals surface area (Å²) in [5.74, 6) is -1.94. The molecule has 1 fully saturated rings. The van der Waals surface area contributed by atoms with Crippen molar-refractivity contribution in [2.45, 2.75) is 0 Å². The molecule has 25 heavy (non-hydrogen) atoms. The van der Waals surface area contributed by atoms with Crippen molar-refractivity contribution in [1.82, 2.24) is 15.1 Å². The summed E-state index contributed by atoms with van der Waals surface area (Å²) in [7, 11) is 0. The van der Waals surface area contributed by atoms with Crippen LogP contribution in [0.3, 0.4) is 0 Å². The summed E-state index contributed by atoms with van der Waals surface area (Å²) in [6.45, 7) is 3.03. The molecule has 0 spiro atoms. The molecule has 0 amide bonds. The number of phenolic OH excluding ortho intramolecular Hbond substituents is 1. The Hall–Kier alpha value is -2.38. The van der Waals surface area contributed by atoms with Crippen molar-refractivity contribution in [3.8, 4) is 11.4 Å². The van der Waals surface area contributed by atoms with Gasteiger partial charge in [-0.3, -0.25) is 0 Å². The van der Waals surface area contributed by atoms with Crippen molar-refractivity contribution < 1.29 is 13.9 Å². The van der Waals surface area contributed by atoms with E-state index in [1.807, 2.05) is 4.90 Å². The summed E-state index contributed by atoms with van der Waals surface area (Å²) in [5, 5.41) is 17.7. The average Bonchev–Trinajstić information content (AvgIpc) is 3.02. The Bertz CT molecular complexity index is 953. The number of piperazine rings is 1. The summed E-state index contributed by atoms with van der Waals surface area (Å²) in [5.41, 5.74) is 0.927. The molecule has 3 aromatic rings. The lowest BCUT2D eigenvalue weighted by Gasteiger charge is -2.29. The van der Waals surface area contributed by atoms with Crippen LogP contribution in [0.25, 0.3) is 16.6 Å². The van der Waals surface area contributed by atoms with Gasteiger partial charge in [0.25, 0.3) is 0 Å². The Balaban J connectivity index is 1.83. The summed E-state index contributed by atoms with van der Waals surface area (Å²) in [4.78, 5) is 1.97. The number of phenols is 1. The second-order valence-electron chi connectivity index (χ2n) is 5.88. The fourth-order valence-electron chi connectivity index (χ4n) is 3.07. The van der Waals surface area contributed by atoms with Crippen LogP contribution >= 0.6 is 11.6 Å². The molecule has 8 heteroatoms. The number of halogens is 3. The van der Waals surface area contributed by atoms with Gasteiger partial charge in [0.05, 0.1) is 22.4 Å². The first-order valence-corrected chi connectivity index (χ1v) is 8.24. The first-order valence-electron chi connectivity index (χ1n) is 7.86. The van der Waals surface area contributed by atoms with E-state index >= 15 is 0 Å². The van der Waals surface area contributed by atoms with E-state index in [2.05, 4.69) is 10.4 Å². The number of fused-ring (bicyclic) bond motifs is 1. The minimum Gasteiger partial charge on any atom is -0.504 e. The molecular formula is C17H15ClF2N4O. The number of benzene rings is 2. The molecule has 0 saturated carbocycles. The predicted octanol–water partition coefficient (Wildman–Crippen LogP) is 3.07. The maximum absolute atomic E-state index is 14.7. The lowest BCUT2D eigenvalue weighted by atomic mass is 10.2. The van der Waals surface area contributed by atoms with E-state index in [4.69, 9.17) is 11.6 Å². The number of nitrogens with zero attached hydrogens (tertiary/aromatic N) is 3. The molecule has 0 unspecified atom stereocenters. The summed E-state index contributed by atoms with van der Waals surface area (Å²) in [6.07, 6.45) is 1.55. The molecule has 5 nitrogen and oxygen atoms in total. The maximum atomic E-state index is 14.7. The average molecular weight is 365 g/mol. The Labute approximate surface area is 147 Å². The van der Waals surface area contributed by atoms with E-state index in [-0.39, 0.29) is 10.7 Å². The monoisotopic (exact) mass is 364 g/mol. The molecule has 1 aromatic heterocycles. The number of hydrogen-bond donors (Lipinski definition) is 2. The lowest BCUT2D eigenvalue weighted by molar-refractivity contribution is 0.430. The van der Waals surface area contributed by atoms with Gasteiger partial charge in [-0.1, -0.05) is 11.6 Å². The first-order chi connectivity index (χ1) is 12.1. The maximum Gasteiger partial charge on any atom is 0.191 e. The van der Waals surface area contributed by atoms with Gasteiger partial charge in [-0.25, -0.2) is 13.5 Å². The van der Waals surface area contributed by atoms with Gasteiger partial charge in [-0.2, -0.15) is 5.10 Å². The highest BCUT2D eigenvalue weighted by Crippen LogP contribution is 2.33. The highest BCUT2D eigenvalue weighted by Gasteiger charge is 2.19. The van der Waals surface area contributed by atoms with E-state index in [0.717, 1.165) is 26.2 Å². The second kappa shape index (κ2) is 6.16. The molecule has 0 aliphatic carbocycles. The van der Waals surface area contributed by atoms with Crippen molar-refractivity contribution in [2.24, 2.45) is 0 Å². The van der Waals surface area contributed by atoms with Crippen LogP contribution in [0.4, 0.5) is 14.5 Å². The summed E-state index contributed by atoms with van der Waals surface area (Å²) in [6, 6.07) is 5.82. The minimum absolute atomic E-state index is 0.00576. The van der Waals surface area contributed by atoms with Gasteiger partial charge in [-0.05, 0) is 18.2 Å². The summed E-state index contributed by atoms with van der Waals surface area (Å²) < 4.78 is 30.2. The zero-order valence-electron chi connectivity index (χ0n) is 13.1. The van der Waals surface area contributed by atoms with E-state index in [9.17, 15) is 13.9 Å². The highest BCUT2D eigenvalue weighted by molar-refractivity contribution is 6.32. The molecule has 1 aliphatic heterocycles. The molecule has 1 saturated heterocycles. The molecule has 130 valence electrons. The zero-order chi connectivity index (χ0) is 17.6. The van der Waals surface area contributed by atoms with Crippen molar-refractivity contribution in [3.63, 3.8) is 0 Å². The number of aromatic hydroxyl groups is 1. The van der Waals surface area contributed by atoms with E-state index < -0.39 is 17.4 Å². The molecular weight excluding hydrogens is 350 g/mol. The van der Waals surface area contributed by atoms with E-state index in [1.54, 1.807) is 12.3 Å². The number of hydrogen-bond acceptors (Lipinski definition) is 4. The van der Waals surface area contributed by atoms with Gasteiger partial charge in [0.2, 0.25) is 0 Å². The van der Waals surface area contributed by atoms with E-state index in [1.165, 1.54) is 22.9 Å². The predicted molar refractivity (Wildman–Crippen MR) is 92.7 cm³/mol. The van der Waals surface area contributed by atoms with Crippen molar-refractivity contribution in [3.05, 3.63) is 47.1 Å². The fourth-order valence-corrected chi connectivity index (χ4v) is 3.22. The summed E-state index contributed by atoms with van der Waals surface area (Å²) >= 11 is 5.71. The Morgan fingerprint density at radius 2 is 1.88 bits per heavy atom. The van der Waals surface area contributed by atoms with E-state index in [0.29, 0.717) is 16.6 Å². The smallest absolute Gasteiger partial charge is 0.191 e. The molecule has 2 aromatic carbocycles. The number of nitrogens with one attached hydrogen (secondary N) is 1. The number of anilines is 1. The molecule has 2 N–H and O–H groups in total. The van der Waals surface area contributed by atoms with Crippen molar-refractivity contribution in [1.29, 1.82) is 0 Å². The standard InChI is InChI=1S/C17H15ClF2N4O/c18-11-1-2-13(16(20)17(11)25)24-14-8-12(19)15(7-10(14)9-22-24)23-5-3-21-4-6-23/h1-2,7-9,21,25H,3-6H2. The van der Waals surface area contributed by atoms with Crippen LogP contribution in [0.2, 0.25) is 5.02 Å². The van der Waals surface area contributed by atoms with Crippen LogP contribution < -0.4 is 10.2 Å². The first kappa shape index (κ1) is 16.1. The highest BCUT2D eigenvalue weighted by atomic mass is 35.5. The minimum atomic E-state index is -0.899. The van der Waals surface area contributed by atoms with Crippen molar-refractivity contribution >= 4 is 28.2 Å². The SMILES string of the molecule is Oc1c(Cl)ccc(-n2ncc3cc(N4CCNCC4)c(F)cc32)c1F. The number of rotatable bonds is 2. The molecule has 4 rings (SSSR count). The third-order valence-corrected chi connectivity index (χ3v) is 4.67. The van der Waals surface area contributed by atoms with Gasteiger partial charge in [0, 0.05) is 37.6 Å². The molecule has 0 radical (unpaired) electrons. The van der Waals surface area contributed by atoms with Crippen LogP contribution in [0.15, 0.2) is 30.5 Å². The zero-order valence-corrected chi connectivity index (χ0v) is 13.9. The Morgan fingerprint density at radius 1 is 1.12 bits per heavy atom. The lowest BCUT2D eigenvalue weighted by Crippen LogP contribution is -2.43. The third-order valence-electron chi connectivity index (χ3n) is 4.37. The van der Waals surface area contributed by atoms with Gasteiger partial charge in [0.15, 0.2) is 11.6 Å². The van der Waals surface area contributed by atoms with Gasteiger partial charge in [-0.15, -0.1) is 0 Å². The van der Waals surface area contributed by atoms with Gasteiger partial charge < -0.3 is 15.3 Å². The quantitative estimate of drug-likeness (QED) is 0.734.